The van der Waals surface area contributed by atoms with Crippen LogP contribution in [-0.4, -0.2) is 18.9 Å². The quantitative estimate of drug-likeness (QED) is 0.782. The lowest BCUT2D eigenvalue weighted by atomic mass is 10.3. The van der Waals surface area contributed by atoms with Gasteiger partial charge in [0.05, 0.1) is 18.2 Å². The number of pyridine rings is 1. The Hall–Kier alpha value is -2.30. The van der Waals surface area contributed by atoms with Crippen molar-refractivity contribution in [3.63, 3.8) is 0 Å². The molecule has 5 nitrogen and oxygen atoms in total. The van der Waals surface area contributed by atoms with Gasteiger partial charge in [0, 0.05) is 12.2 Å². The van der Waals surface area contributed by atoms with Crippen molar-refractivity contribution in [3.8, 4) is 11.4 Å². The first kappa shape index (κ1) is 11.8. The van der Waals surface area contributed by atoms with Gasteiger partial charge in [-0.05, 0) is 25.5 Å². The maximum absolute atomic E-state index is 6.26. The van der Waals surface area contributed by atoms with Gasteiger partial charge in [-0.1, -0.05) is 13.0 Å². The predicted octanol–water partition coefficient (Wildman–Crippen LogP) is 2.50. The van der Waals surface area contributed by atoms with Gasteiger partial charge < -0.3 is 10.3 Å². The van der Waals surface area contributed by atoms with Crippen LogP contribution in [0.25, 0.3) is 17.0 Å². The van der Waals surface area contributed by atoms with E-state index in [-0.39, 0.29) is 0 Å². The van der Waals surface area contributed by atoms with Crippen LogP contribution in [0.3, 0.4) is 0 Å². The summed E-state index contributed by atoms with van der Waals surface area (Å²) in [4.78, 5) is 8.84. The molecule has 0 spiro atoms. The van der Waals surface area contributed by atoms with Crippen LogP contribution in [0, 0.1) is 6.92 Å². The molecule has 0 aliphatic carbocycles. The molecule has 0 unspecified atom stereocenters. The standard InChI is InChI=1S/C14H17N5/c1-3-7-18-9-16-8-11(18)13-14(15)19-10(2)5-4-6-12(19)17-13/h4-6,8-9H,3,7,15H2,1-2H3. The highest BCUT2D eigenvalue weighted by molar-refractivity contribution is 5.73. The fourth-order valence-electron chi connectivity index (χ4n) is 2.41. The minimum absolute atomic E-state index is 0.672. The summed E-state index contributed by atoms with van der Waals surface area (Å²) in [6.45, 7) is 5.08. The molecule has 2 N–H and O–H groups in total. The van der Waals surface area contributed by atoms with Gasteiger partial charge in [-0.2, -0.15) is 0 Å². The summed E-state index contributed by atoms with van der Waals surface area (Å²) in [5, 5.41) is 0. The van der Waals surface area contributed by atoms with E-state index in [9.17, 15) is 0 Å². The molecule has 0 amide bonds. The van der Waals surface area contributed by atoms with Crippen molar-refractivity contribution >= 4 is 11.5 Å². The first-order chi connectivity index (χ1) is 9.22. The molecule has 5 heteroatoms. The summed E-state index contributed by atoms with van der Waals surface area (Å²) in [7, 11) is 0. The first-order valence-electron chi connectivity index (χ1n) is 6.46. The number of anilines is 1. The molecule has 0 aliphatic heterocycles. The van der Waals surface area contributed by atoms with Gasteiger partial charge in [-0.3, -0.25) is 4.40 Å². The predicted molar refractivity (Wildman–Crippen MR) is 75.9 cm³/mol. The number of aromatic nitrogens is 4. The van der Waals surface area contributed by atoms with Crippen molar-refractivity contribution in [1.29, 1.82) is 0 Å². The molecule has 19 heavy (non-hydrogen) atoms. The van der Waals surface area contributed by atoms with Crippen LogP contribution in [0.4, 0.5) is 5.82 Å². The number of nitrogens with two attached hydrogens (primary N) is 1. The van der Waals surface area contributed by atoms with Crippen LogP contribution >= 0.6 is 0 Å². The van der Waals surface area contributed by atoms with Crippen LogP contribution < -0.4 is 5.73 Å². The van der Waals surface area contributed by atoms with Gasteiger partial charge in [0.1, 0.15) is 17.2 Å². The highest BCUT2D eigenvalue weighted by Gasteiger charge is 2.15. The summed E-state index contributed by atoms with van der Waals surface area (Å²) in [5.41, 5.74) is 9.99. The van der Waals surface area contributed by atoms with Gasteiger partial charge in [0.2, 0.25) is 0 Å². The summed E-state index contributed by atoms with van der Waals surface area (Å²) in [6, 6.07) is 5.98. The Balaban J connectivity index is 2.23. The fourth-order valence-corrected chi connectivity index (χ4v) is 2.41. The number of rotatable bonds is 3. The average molecular weight is 255 g/mol. The monoisotopic (exact) mass is 255 g/mol. The third kappa shape index (κ3) is 1.78. The lowest BCUT2D eigenvalue weighted by molar-refractivity contribution is 0.683. The molecule has 0 fully saturated rings. The summed E-state index contributed by atoms with van der Waals surface area (Å²) >= 11 is 0. The van der Waals surface area contributed by atoms with Crippen molar-refractivity contribution in [3.05, 3.63) is 36.4 Å². The van der Waals surface area contributed by atoms with E-state index in [1.54, 1.807) is 0 Å². The molecule has 0 aromatic carbocycles. The first-order valence-corrected chi connectivity index (χ1v) is 6.46. The number of fused-ring (bicyclic) bond motifs is 1. The van der Waals surface area contributed by atoms with E-state index < -0.39 is 0 Å². The van der Waals surface area contributed by atoms with E-state index in [0.717, 1.165) is 35.7 Å². The van der Waals surface area contributed by atoms with Crippen LogP contribution in [-0.2, 0) is 6.54 Å². The number of hydrogen-bond acceptors (Lipinski definition) is 3. The van der Waals surface area contributed by atoms with E-state index in [1.165, 1.54) is 0 Å². The zero-order valence-corrected chi connectivity index (χ0v) is 11.2. The van der Waals surface area contributed by atoms with E-state index in [0.29, 0.717) is 5.82 Å². The summed E-state index contributed by atoms with van der Waals surface area (Å²) < 4.78 is 4.06. The number of hydrogen-bond donors (Lipinski definition) is 1. The maximum atomic E-state index is 6.26. The minimum atomic E-state index is 0.672. The molecule has 98 valence electrons. The Morgan fingerprint density at radius 3 is 2.89 bits per heavy atom. The molecular weight excluding hydrogens is 238 g/mol. The van der Waals surface area contributed by atoms with Crippen LogP contribution in [0.15, 0.2) is 30.7 Å². The second kappa shape index (κ2) is 4.42. The molecule has 0 saturated carbocycles. The third-order valence-corrected chi connectivity index (χ3v) is 3.29. The molecular formula is C14H17N5. The molecule has 0 aliphatic rings. The van der Waals surface area contributed by atoms with E-state index in [2.05, 4.69) is 21.5 Å². The van der Waals surface area contributed by atoms with Gasteiger partial charge >= 0.3 is 0 Å². The summed E-state index contributed by atoms with van der Waals surface area (Å²) in [5.74, 6) is 0.672. The SMILES string of the molecule is CCCn1cncc1-c1nc2cccc(C)n2c1N. The fraction of sp³-hybridized carbons (Fsp3) is 0.286. The lowest BCUT2D eigenvalue weighted by Crippen LogP contribution is -2.01. The topological polar surface area (TPSA) is 61.1 Å². The third-order valence-electron chi connectivity index (χ3n) is 3.29. The smallest absolute Gasteiger partial charge is 0.139 e. The van der Waals surface area contributed by atoms with Gasteiger partial charge in [-0.15, -0.1) is 0 Å². The van der Waals surface area contributed by atoms with Crippen LogP contribution in [0.5, 0.6) is 0 Å². The van der Waals surface area contributed by atoms with Crippen molar-refractivity contribution in [2.75, 3.05) is 5.73 Å². The van der Waals surface area contributed by atoms with Crippen molar-refractivity contribution in [1.82, 2.24) is 18.9 Å². The number of aryl methyl sites for hydroxylation is 2. The molecule has 3 aromatic heterocycles. The molecule has 0 bridgehead atoms. The zero-order valence-electron chi connectivity index (χ0n) is 11.2. The molecule has 0 saturated heterocycles. The Morgan fingerprint density at radius 1 is 1.32 bits per heavy atom. The number of nitrogen functional groups attached to an aromatic ring is 1. The molecule has 3 rings (SSSR count). The van der Waals surface area contributed by atoms with E-state index in [4.69, 9.17) is 5.73 Å². The second-order valence-corrected chi connectivity index (χ2v) is 4.68. The second-order valence-electron chi connectivity index (χ2n) is 4.68. The Labute approximate surface area is 111 Å². The van der Waals surface area contributed by atoms with Gasteiger partial charge in [-0.25, -0.2) is 9.97 Å². The normalized spacial score (nSPS) is 11.3. The Bertz CT molecular complexity index is 723. The van der Waals surface area contributed by atoms with E-state index >= 15 is 0 Å². The molecule has 0 radical (unpaired) electrons. The van der Waals surface area contributed by atoms with Gasteiger partial charge in [0.25, 0.3) is 0 Å². The highest BCUT2D eigenvalue weighted by Crippen LogP contribution is 2.27. The Kier molecular flexibility index (Phi) is 2.74. The highest BCUT2D eigenvalue weighted by atomic mass is 15.1. The van der Waals surface area contributed by atoms with Gasteiger partial charge in [0.15, 0.2) is 0 Å². The molecule has 3 aromatic rings. The van der Waals surface area contributed by atoms with Crippen molar-refractivity contribution in [2.24, 2.45) is 0 Å². The van der Waals surface area contributed by atoms with Crippen molar-refractivity contribution < 1.29 is 0 Å². The lowest BCUT2D eigenvalue weighted by Gasteiger charge is -2.05. The Morgan fingerprint density at radius 2 is 2.16 bits per heavy atom. The van der Waals surface area contributed by atoms with Crippen LogP contribution in [0.1, 0.15) is 19.0 Å². The van der Waals surface area contributed by atoms with E-state index in [1.807, 2.05) is 42.0 Å². The van der Waals surface area contributed by atoms with Crippen LogP contribution in [0.2, 0.25) is 0 Å². The maximum Gasteiger partial charge on any atom is 0.139 e. The largest absolute Gasteiger partial charge is 0.383 e. The minimum Gasteiger partial charge on any atom is -0.383 e. The average Bonchev–Trinajstić information content (AvgIpc) is 2.96. The number of imidazole rings is 2. The number of nitrogens with zero attached hydrogens (tertiary/aromatic N) is 4. The zero-order chi connectivity index (χ0) is 13.4. The molecule has 0 atom stereocenters. The summed E-state index contributed by atoms with van der Waals surface area (Å²) in [6.07, 6.45) is 4.70. The molecule has 3 heterocycles. The van der Waals surface area contributed by atoms with Crippen molar-refractivity contribution in [2.45, 2.75) is 26.8 Å².